The normalized spacial score (nSPS) is 27.8. The van der Waals surface area contributed by atoms with Crippen LogP contribution in [0.15, 0.2) is 29.2 Å². The largest absolute Gasteiger partial charge is 0.224 e. The topological polar surface area (TPSA) is 57.9 Å². The predicted molar refractivity (Wildman–Crippen MR) is 63.1 cm³/mol. The lowest BCUT2D eigenvalue weighted by Crippen LogP contribution is -2.35. The molecule has 88 valence electrons. The van der Waals surface area contributed by atoms with Crippen LogP contribution in [0, 0.1) is 16.7 Å². The molecule has 1 saturated carbocycles. The Morgan fingerprint density at radius 3 is 2.59 bits per heavy atom. The lowest BCUT2D eigenvalue weighted by molar-refractivity contribution is 0.178. The van der Waals surface area contributed by atoms with E-state index in [9.17, 15) is 13.7 Å². The zero-order valence-electron chi connectivity index (χ0n) is 9.39. The van der Waals surface area contributed by atoms with Gasteiger partial charge in [-0.05, 0) is 24.5 Å². The van der Waals surface area contributed by atoms with Gasteiger partial charge in [0.25, 0.3) is 0 Å². The molecule has 1 aromatic rings. The minimum absolute atomic E-state index is 0.111. The van der Waals surface area contributed by atoms with Gasteiger partial charge in [-0.25, -0.2) is 8.42 Å². The smallest absolute Gasteiger partial charge is 0.179 e. The second-order valence-corrected chi connectivity index (χ2v) is 7.00. The Bertz CT molecular complexity index is 609. The summed E-state index contributed by atoms with van der Waals surface area (Å²) < 4.78 is 24.1. The quantitative estimate of drug-likeness (QED) is 0.764. The van der Waals surface area contributed by atoms with Gasteiger partial charge in [0.05, 0.1) is 22.1 Å². The highest BCUT2D eigenvalue weighted by atomic mass is 32.2. The number of nitriles is 1. The molecule has 1 aromatic carbocycles. The van der Waals surface area contributed by atoms with Gasteiger partial charge in [0, 0.05) is 5.92 Å². The Hall–Kier alpha value is -1.34. The number of rotatable bonds is 1. The van der Waals surface area contributed by atoms with Crippen LogP contribution in [0.4, 0.5) is 0 Å². The lowest BCUT2D eigenvalue weighted by Gasteiger charge is -2.40. The lowest BCUT2D eigenvalue weighted by atomic mass is 9.61. The fourth-order valence-electron chi connectivity index (χ4n) is 3.00. The molecule has 0 spiro atoms. The number of hydrogen-bond donors (Lipinski definition) is 0. The molecule has 0 amide bonds. The second kappa shape index (κ2) is 3.33. The summed E-state index contributed by atoms with van der Waals surface area (Å²) in [6, 6.07) is 9.50. The number of sulfone groups is 1. The van der Waals surface area contributed by atoms with Crippen molar-refractivity contribution < 1.29 is 8.42 Å². The number of hydrogen-bond acceptors (Lipinski definition) is 3. The van der Waals surface area contributed by atoms with Crippen molar-refractivity contribution in [2.45, 2.75) is 30.1 Å². The highest BCUT2D eigenvalue weighted by Crippen LogP contribution is 2.55. The zero-order chi connectivity index (χ0) is 12.1. The van der Waals surface area contributed by atoms with E-state index in [1.807, 2.05) is 12.1 Å². The second-order valence-electron chi connectivity index (χ2n) is 4.99. The molecule has 1 aliphatic heterocycles. The van der Waals surface area contributed by atoms with E-state index in [0.29, 0.717) is 4.90 Å². The van der Waals surface area contributed by atoms with Crippen molar-refractivity contribution in [3.63, 3.8) is 0 Å². The van der Waals surface area contributed by atoms with E-state index in [1.54, 1.807) is 12.1 Å². The first kappa shape index (κ1) is 10.8. The molecule has 1 fully saturated rings. The van der Waals surface area contributed by atoms with Crippen molar-refractivity contribution in [1.29, 1.82) is 5.26 Å². The van der Waals surface area contributed by atoms with Crippen LogP contribution in [-0.4, -0.2) is 14.2 Å². The molecule has 3 rings (SSSR count). The van der Waals surface area contributed by atoms with Gasteiger partial charge in [-0.3, -0.25) is 0 Å². The molecular formula is C13H13NO2S. The van der Waals surface area contributed by atoms with Crippen LogP contribution < -0.4 is 0 Å². The standard InChI is InChI=1S/C13H13NO2S/c14-9-13(6-3-7-13)11-8-17(15,16)12-5-2-1-4-10(11)12/h1-2,4-5,11H,3,6-8H2. The van der Waals surface area contributed by atoms with Crippen molar-refractivity contribution in [2.24, 2.45) is 5.41 Å². The average molecular weight is 247 g/mol. The molecule has 0 radical (unpaired) electrons. The first-order valence-electron chi connectivity index (χ1n) is 5.82. The molecule has 1 atom stereocenters. The van der Waals surface area contributed by atoms with E-state index in [4.69, 9.17) is 0 Å². The van der Waals surface area contributed by atoms with Crippen LogP contribution in [0.3, 0.4) is 0 Å². The molecule has 3 nitrogen and oxygen atoms in total. The summed E-state index contributed by atoms with van der Waals surface area (Å²) in [7, 11) is -3.18. The third-order valence-corrected chi connectivity index (χ3v) is 5.97. The van der Waals surface area contributed by atoms with Gasteiger partial charge in [0.15, 0.2) is 9.84 Å². The van der Waals surface area contributed by atoms with E-state index >= 15 is 0 Å². The molecular weight excluding hydrogens is 234 g/mol. The van der Waals surface area contributed by atoms with Crippen LogP contribution in [0.5, 0.6) is 0 Å². The molecule has 0 aromatic heterocycles. The van der Waals surface area contributed by atoms with E-state index in [0.717, 1.165) is 24.8 Å². The van der Waals surface area contributed by atoms with E-state index < -0.39 is 15.3 Å². The van der Waals surface area contributed by atoms with Crippen LogP contribution >= 0.6 is 0 Å². The van der Waals surface area contributed by atoms with E-state index in [2.05, 4.69) is 6.07 Å². The van der Waals surface area contributed by atoms with E-state index in [1.165, 1.54) is 0 Å². The highest BCUT2D eigenvalue weighted by molar-refractivity contribution is 7.91. The van der Waals surface area contributed by atoms with Crippen LogP contribution in [-0.2, 0) is 9.84 Å². The summed E-state index contributed by atoms with van der Waals surface area (Å²) in [5, 5.41) is 9.35. The van der Waals surface area contributed by atoms with Crippen molar-refractivity contribution in [3.8, 4) is 6.07 Å². The van der Waals surface area contributed by atoms with E-state index in [-0.39, 0.29) is 11.7 Å². The molecule has 1 aliphatic carbocycles. The zero-order valence-corrected chi connectivity index (χ0v) is 10.2. The molecule has 0 saturated heterocycles. The first-order valence-corrected chi connectivity index (χ1v) is 7.47. The third-order valence-electron chi connectivity index (χ3n) is 4.15. The molecule has 2 aliphatic rings. The number of nitrogens with zero attached hydrogens (tertiary/aromatic N) is 1. The van der Waals surface area contributed by atoms with Crippen molar-refractivity contribution in [2.75, 3.05) is 5.75 Å². The molecule has 17 heavy (non-hydrogen) atoms. The van der Waals surface area contributed by atoms with Crippen LogP contribution in [0.1, 0.15) is 30.7 Å². The van der Waals surface area contributed by atoms with Gasteiger partial charge in [-0.2, -0.15) is 5.26 Å². The maximum Gasteiger partial charge on any atom is 0.179 e. The average Bonchev–Trinajstić information content (AvgIpc) is 2.52. The Labute approximate surface area is 101 Å². The summed E-state index contributed by atoms with van der Waals surface area (Å²) >= 11 is 0. The predicted octanol–water partition coefficient (Wildman–Crippen LogP) is 2.25. The van der Waals surface area contributed by atoms with Crippen molar-refractivity contribution >= 4 is 9.84 Å². The summed E-state index contributed by atoms with van der Waals surface area (Å²) in [4.78, 5) is 0.437. The monoisotopic (exact) mass is 247 g/mol. The van der Waals surface area contributed by atoms with Gasteiger partial charge < -0.3 is 0 Å². The number of benzene rings is 1. The van der Waals surface area contributed by atoms with Gasteiger partial charge >= 0.3 is 0 Å². The van der Waals surface area contributed by atoms with Crippen molar-refractivity contribution in [3.05, 3.63) is 29.8 Å². The summed E-state index contributed by atoms with van der Waals surface area (Å²) in [6.07, 6.45) is 2.70. The molecule has 1 unspecified atom stereocenters. The maximum absolute atomic E-state index is 12.1. The molecule has 4 heteroatoms. The first-order chi connectivity index (χ1) is 8.09. The molecule has 1 heterocycles. The summed E-state index contributed by atoms with van der Waals surface area (Å²) in [5.41, 5.74) is 0.424. The van der Waals surface area contributed by atoms with Gasteiger partial charge in [0.1, 0.15) is 0 Å². The SMILES string of the molecule is N#CC1(C2CS(=O)(=O)c3ccccc32)CCC1. The van der Waals surface area contributed by atoms with Crippen LogP contribution in [0.2, 0.25) is 0 Å². The summed E-state index contributed by atoms with van der Waals surface area (Å²) in [5.74, 6) is -0.0117. The molecule has 0 bridgehead atoms. The highest BCUT2D eigenvalue weighted by Gasteiger charge is 2.51. The Morgan fingerprint density at radius 1 is 1.29 bits per heavy atom. The summed E-state index contributed by atoms with van der Waals surface area (Å²) in [6.45, 7) is 0. The Balaban J connectivity index is 2.15. The minimum atomic E-state index is -3.18. The maximum atomic E-state index is 12.1. The van der Waals surface area contributed by atoms with Gasteiger partial charge in [-0.1, -0.05) is 24.6 Å². The Kier molecular flexibility index (Phi) is 2.11. The fourth-order valence-corrected chi connectivity index (χ4v) is 4.98. The number of fused-ring (bicyclic) bond motifs is 1. The molecule has 0 N–H and O–H groups in total. The Morgan fingerprint density at radius 2 is 2.00 bits per heavy atom. The van der Waals surface area contributed by atoms with Gasteiger partial charge in [0.2, 0.25) is 0 Å². The fraction of sp³-hybridized carbons (Fsp3) is 0.462. The van der Waals surface area contributed by atoms with Crippen molar-refractivity contribution in [1.82, 2.24) is 0 Å². The third kappa shape index (κ3) is 1.35. The van der Waals surface area contributed by atoms with Gasteiger partial charge in [-0.15, -0.1) is 0 Å². The van der Waals surface area contributed by atoms with Crippen LogP contribution in [0.25, 0.3) is 0 Å². The minimum Gasteiger partial charge on any atom is -0.224 e.